The first-order valence-corrected chi connectivity index (χ1v) is 5.96. The van der Waals surface area contributed by atoms with Gasteiger partial charge in [-0.3, -0.25) is 0 Å². The summed E-state index contributed by atoms with van der Waals surface area (Å²) in [6.07, 6.45) is 1.00. The number of nitrogens with two attached hydrogens (primary N) is 1. The normalized spacial score (nSPS) is 10.8. The van der Waals surface area contributed by atoms with Crippen LogP contribution in [0.25, 0.3) is 5.69 Å². The van der Waals surface area contributed by atoms with Gasteiger partial charge in [-0.1, -0.05) is 13.0 Å². The molecule has 0 amide bonds. The lowest BCUT2D eigenvalue weighted by Crippen LogP contribution is -2.03. The molecule has 0 unspecified atom stereocenters. The van der Waals surface area contributed by atoms with Gasteiger partial charge in [0.2, 0.25) is 0 Å². The van der Waals surface area contributed by atoms with Gasteiger partial charge in [-0.15, -0.1) is 0 Å². The third kappa shape index (κ3) is 1.93. The van der Waals surface area contributed by atoms with Crippen LogP contribution < -0.4 is 5.73 Å². The molecule has 2 aromatic rings. The molecule has 0 aliphatic carbocycles. The highest BCUT2D eigenvalue weighted by Crippen LogP contribution is 2.23. The molecule has 17 heavy (non-hydrogen) atoms. The molecule has 0 radical (unpaired) electrons. The lowest BCUT2D eigenvalue weighted by Gasteiger charge is -2.09. The first-order valence-electron chi connectivity index (χ1n) is 5.96. The summed E-state index contributed by atoms with van der Waals surface area (Å²) in [6, 6.07) is 6.08. The maximum absolute atomic E-state index is 6.06. The van der Waals surface area contributed by atoms with Crippen LogP contribution in [0.1, 0.15) is 29.4 Å². The van der Waals surface area contributed by atoms with E-state index in [1.54, 1.807) is 0 Å². The summed E-state index contributed by atoms with van der Waals surface area (Å²) < 4.78 is 1.95. The van der Waals surface area contributed by atoms with E-state index < -0.39 is 0 Å². The van der Waals surface area contributed by atoms with Gasteiger partial charge in [-0.05, 0) is 50.5 Å². The van der Waals surface area contributed by atoms with E-state index in [9.17, 15) is 0 Å². The van der Waals surface area contributed by atoms with Crippen molar-refractivity contribution in [2.45, 2.75) is 34.1 Å². The lowest BCUT2D eigenvalue weighted by atomic mass is 10.1. The zero-order chi connectivity index (χ0) is 12.6. The molecule has 2 rings (SSSR count). The third-order valence-corrected chi connectivity index (χ3v) is 3.21. The zero-order valence-electron chi connectivity index (χ0n) is 10.9. The molecule has 2 N–H and O–H groups in total. The first-order chi connectivity index (χ1) is 8.04. The Kier molecular flexibility index (Phi) is 2.92. The van der Waals surface area contributed by atoms with Crippen molar-refractivity contribution in [3.63, 3.8) is 0 Å². The molecule has 0 aliphatic rings. The third-order valence-electron chi connectivity index (χ3n) is 3.21. The Bertz CT molecular complexity index is 553. The molecule has 0 fully saturated rings. The number of hydrogen-bond acceptors (Lipinski definition) is 2. The summed E-state index contributed by atoms with van der Waals surface area (Å²) in [4.78, 5) is 0. The molecule has 0 saturated carbocycles. The van der Waals surface area contributed by atoms with Crippen LogP contribution in [0.2, 0.25) is 0 Å². The second-order valence-electron chi connectivity index (χ2n) is 4.48. The van der Waals surface area contributed by atoms with Crippen LogP contribution in [0.4, 0.5) is 5.69 Å². The number of anilines is 1. The molecule has 1 aromatic heterocycles. The number of benzene rings is 1. The molecular formula is C14H19N3. The van der Waals surface area contributed by atoms with Crippen molar-refractivity contribution in [3.8, 4) is 5.69 Å². The summed E-state index contributed by atoms with van der Waals surface area (Å²) in [5.74, 6) is 0. The van der Waals surface area contributed by atoms with E-state index in [-0.39, 0.29) is 0 Å². The zero-order valence-corrected chi connectivity index (χ0v) is 10.9. The van der Waals surface area contributed by atoms with Gasteiger partial charge in [0.1, 0.15) is 0 Å². The fourth-order valence-corrected chi connectivity index (χ4v) is 2.29. The van der Waals surface area contributed by atoms with Gasteiger partial charge in [-0.2, -0.15) is 5.10 Å². The Labute approximate surface area is 102 Å². The highest BCUT2D eigenvalue weighted by atomic mass is 15.3. The minimum Gasteiger partial charge on any atom is -0.397 e. The van der Waals surface area contributed by atoms with E-state index in [1.807, 2.05) is 30.7 Å². The van der Waals surface area contributed by atoms with Crippen LogP contribution in [0.5, 0.6) is 0 Å². The van der Waals surface area contributed by atoms with E-state index in [4.69, 9.17) is 5.73 Å². The van der Waals surface area contributed by atoms with Crippen molar-refractivity contribution in [1.82, 2.24) is 9.78 Å². The molecule has 1 aromatic carbocycles. The number of aryl methyl sites for hydroxylation is 2. The highest BCUT2D eigenvalue weighted by Gasteiger charge is 2.12. The van der Waals surface area contributed by atoms with E-state index in [1.165, 1.54) is 16.8 Å². The van der Waals surface area contributed by atoms with Gasteiger partial charge in [0.15, 0.2) is 0 Å². The number of aromatic nitrogens is 2. The van der Waals surface area contributed by atoms with Gasteiger partial charge in [0, 0.05) is 5.69 Å². The number of nitrogens with zero attached hydrogens (tertiary/aromatic N) is 2. The van der Waals surface area contributed by atoms with Gasteiger partial charge in [-0.25, -0.2) is 4.68 Å². The molecule has 0 aliphatic heterocycles. The molecule has 90 valence electrons. The molecule has 0 bridgehead atoms. The van der Waals surface area contributed by atoms with Gasteiger partial charge < -0.3 is 5.73 Å². The standard InChI is InChI=1S/C14H19N3/c1-5-12-10(3)16-17(11(12)4)14-7-6-9(2)8-13(14)15/h6-8H,5,15H2,1-4H3. The quantitative estimate of drug-likeness (QED) is 0.805. The van der Waals surface area contributed by atoms with Crippen LogP contribution in [0.3, 0.4) is 0 Å². The van der Waals surface area contributed by atoms with E-state index in [0.29, 0.717) is 0 Å². The van der Waals surface area contributed by atoms with Gasteiger partial charge in [0.05, 0.1) is 17.1 Å². The fourth-order valence-electron chi connectivity index (χ4n) is 2.29. The van der Waals surface area contributed by atoms with Gasteiger partial charge >= 0.3 is 0 Å². The largest absolute Gasteiger partial charge is 0.397 e. The molecule has 0 atom stereocenters. The molecule has 0 spiro atoms. The Hall–Kier alpha value is -1.77. The average Bonchev–Trinajstić information content (AvgIpc) is 2.54. The number of hydrogen-bond donors (Lipinski definition) is 1. The minimum atomic E-state index is 0.776. The molecule has 1 heterocycles. The Morgan fingerprint density at radius 2 is 1.94 bits per heavy atom. The molecule has 3 nitrogen and oxygen atoms in total. The second kappa shape index (κ2) is 4.24. The first kappa shape index (κ1) is 11.7. The number of nitrogen functional groups attached to an aromatic ring is 1. The minimum absolute atomic E-state index is 0.776. The summed E-state index contributed by atoms with van der Waals surface area (Å²) in [7, 11) is 0. The Morgan fingerprint density at radius 1 is 1.24 bits per heavy atom. The van der Waals surface area contributed by atoms with E-state index in [2.05, 4.69) is 25.0 Å². The van der Waals surface area contributed by atoms with E-state index in [0.717, 1.165) is 23.5 Å². The fraction of sp³-hybridized carbons (Fsp3) is 0.357. The van der Waals surface area contributed by atoms with Crippen molar-refractivity contribution in [2.75, 3.05) is 5.73 Å². The van der Waals surface area contributed by atoms with Gasteiger partial charge in [0.25, 0.3) is 0 Å². The van der Waals surface area contributed by atoms with Crippen molar-refractivity contribution in [3.05, 3.63) is 40.7 Å². The van der Waals surface area contributed by atoms with Crippen molar-refractivity contribution in [1.29, 1.82) is 0 Å². The van der Waals surface area contributed by atoms with Crippen LogP contribution in [-0.2, 0) is 6.42 Å². The second-order valence-corrected chi connectivity index (χ2v) is 4.48. The predicted molar refractivity (Wildman–Crippen MR) is 71.6 cm³/mol. The van der Waals surface area contributed by atoms with Crippen LogP contribution in [0.15, 0.2) is 18.2 Å². The maximum atomic E-state index is 6.06. The topological polar surface area (TPSA) is 43.8 Å². The molecule has 3 heteroatoms. The summed E-state index contributed by atoms with van der Waals surface area (Å²) in [6.45, 7) is 8.34. The summed E-state index contributed by atoms with van der Waals surface area (Å²) in [5, 5.41) is 4.58. The van der Waals surface area contributed by atoms with Crippen LogP contribution >= 0.6 is 0 Å². The van der Waals surface area contributed by atoms with E-state index >= 15 is 0 Å². The van der Waals surface area contributed by atoms with Crippen molar-refractivity contribution >= 4 is 5.69 Å². The maximum Gasteiger partial charge on any atom is 0.0878 e. The Balaban J connectivity index is 2.61. The SMILES string of the molecule is CCc1c(C)nn(-c2ccc(C)cc2N)c1C. The van der Waals surface area contributed by atoms with Crippen LogP contribution in [0, 0.1) is 20.8 Å². The Morgan fingerprint density at radius 3 is 2.47 bits per heavy atom. The average molecular weight is 229 g/mol. The lowest BCUT2D eigenvalue weighted by molar-refractivity contribution is 0.834. The smallest absolute Gasteiger partial charge is 0.0878 e. The van der Waals surface area contributed by atoms with Crippen molar-refractivity contribution in [2.24, 2.45) is 0 Å². The monoisotopic (exact) mass is 229 g/mol. The summed E-state index contributed by atoms with van der Waals surface area (Å²) in [5.41, 5.74) is 12.6. The molecule has 0 saturated heterocycles. The van der Waals surface area contributed by atoms with Crippen molar-refractivity contribution < 1.29 is 0 Å². The summed E-state index contributed by atoms with van der Waals surface area (Å²) >= 11 is 0. The predicted octanol–water partition coefficient (Wildman–Crippen LogP) is 2.94. The highest BCUT2D eigenvalue weighted by molar-refractivity contribution is 5.59. The van der Waals surface area contributed by atoms with Crippen LogP contribution in [-0.4, -0.2) is 9.78 Å². The molecular weight excluding hydrogens is 210 g/mol. The number of rotatable bonds is 2.